The van der Waals surface area contributed by atoms with Gasteiger partial charge in [-0.2, -0.15) is 0 Å². The largest absolute Gasteiger partial charge is 0.118 e. The Hall–Kier alpha value is -0.230. The van der Waals surface area contributed by atoms with Gasteiger partial charge in [-0.05, 0) is 17.9 Å². The van der Waals surface area contributed by atoms with Crippen molar-refractivity contribution >= 4 is 11.6 Å². The third-order valence-electron chi connectivity index (χ3n) is 1.71. The van der Waals surface area contributed by atoms with Crippen LogP contribution in [0, 0.1) is 5.92 Å². The molecule has 10 heavy (non-hydrogen) atoms. The molecule has 1 aliphatic rings. The summed E-state index contributed by atoms with van der Waals surface area (Å²) in [4.78, 5) is 0. The highest BCUT2D eigenvalue weighted by atomic mass is 35.5. The van der Waals surface area contributed by atoms with Crippen LogP contribution < -0.4 is 0 Å². The van der Waals surface area contributed by atoms with E-state index in [0.717, 1.165) is 6.42 Å². The first-order valence-corrected chi connectivity index (χ1v) is 4.16. The summed E-state index contributed by atoms with van der Waals surface area (Å²) >= 11 is 5.93. The molecule has 0 bridgehead atoms. The molecule has 0 saturated heterocycles. The van der Waals surface area contributed by atoms with Gasteiger partial charge in [0.1, 0.15) is 0 Å². The van der Waals surface area contributed by atoms with E-state index in [1.807, 2.05) is 0 Å². The van der Waals surface area contributed by atoms with Crippen molar-refractivity contribution in [2.75, 3.05) is 0 Å². The van der Waals surface area contributed by atoms with Crippen LogP contribution in [0.2, 0.25) is 0 Å². The third kappa shape index (κ3) is 1.88. The third-order valence-corrected chi connectivity index (χ3v) is 2.02. The summed E-state index contributed by atoms with van der Waals surface area (Å²) in [6.45, 7) is 4.37. The smallest absolute Gasteiger partial charge is 0.0556 e. The molecule has 0 fully saturated rings. The molecule has 1 aliphatic carbocycles. The van der Waals surface area contributed by atoms with Crippen LogP contribution in [-0.4, -0.2) is 5.38 Å². The van der Waals surface area contributed by atoms with E-state index < -0.39 is 0 Å². The molecule has 0 heterocycles. The number of alkyl halides is 1. The van der Waals surface area contributed by atoms with E-state index in [9.17, 15) is 0 Å². The fourth-order valence-corrected chi connectivity index (χ4v) is 1.30. The quantitative estimate of drug-likeness (QED) is 0.512. The Bertz CT molecular complexity index is 166. The van der Waals surface area contributed by atoms with E-state index in [0.29, 0.717) is 5.92 Å². The highest BCUT2D eigenvalue weighted by Crippen LogP contribution is 2.20. The van der Waals surface area contributed by atoms with Crippen LogP contribution in [0.25, 0.3) is 0 Å². The average molecular weight is 157 g/mol. The van der Waals surface area contributed by atoms with Crippen molar-refractivity contribution in [3.63, 3.8) is 0 Å². The summed E-state index contributed by atoms with van der Waals surface area (Å²) in [6.07, 6.45) is 7.44. The van der Waals surface area contributed by atoms with Crippen LogP contribution in [0.4, 0.5) is 0 Å². The molecule has 0 aliphatic heterocycles. The molecule has 1 rings (SSSR count). The van der Waals surface area contributed by atoms with E-state index in [1.165, 1.54) is 5.57 Å². The maximum atomic E-state index is 5.93. The van der Waals surface area contributed by atoms with Crippen LogP contribution in [-0.2, 0) is 0 Å². The Morgan fingerprint density at radius 2 is 2.30 bits per heavy atom. The SMILES string of the molecule is CC(C)C1=CC(Cl)CC=C1. The van der Waals surface area contributed by atoms with Gasteiger partial charge in [0.2, 0.25) is 0 Å². The van der Waals surface area contributed by atoms with Gasteiger partial charge in [0.25, 0.3) is 0 Å². The standard InChI is InChI=1S/C9H13Cl/c1-7(2)8-4-3-5-9(10)6-8/h3-4,6-7,9H,5H2,1-2H3. The van der Waals surface area contributed by atoms with E-state index >= 15 is 0 Å². The fourth-order valence-electron chi connectivity index (χ4n) is 1.05. The van der Waals surface area contributed by atoms with Crippen molar-refractivity contribution in [3.8, 4) is 0 Å². The van der Waals surface area contributed by atoms with Gasteiger partial charge in [0.15, 0.2) is 0 Å². The van der Waals surface area contributed by atoms with Crippen molar-refractivity contribution in [1.29, 1.82) is 0 Å². The molecule has 0 N–H and O–H groups in total. The van der Waals surface area contributed by atoms with Crippen LogP contribution in [0.5, 0.6) is 0 Å². The van der Waals surface area contributed by atoms with Crippen molar-refractivity contribution in [2.45, 2.75) is 25.6 Å². The van der Waals surface area contributed by atoms with E-state index in [4.69, 9.17) is 11.6 Å². The molecule has 0 nitrogen and oxygen atoms in total. The minimum Gasteiger partial charge on any atom is -0.118 e. The highest BCUT2D eigenvalue weighted by molar-refractivity contribution is 6.22. The Labute approximate surface area is 67.6 Å². The lowest BCUT2D eigenvalue weighted by Gasteiger charge is -2.13. The molecular weight excluding hydrogens is 144 g/mol. The minimum absolute atomic E-state index is 0.224. The summed E-state index contributed by atoms with van der Waals surface area (Å²) in [5.74, 6) is 0.609. The summed E-state index contributed by atoms with van der Waals surface area (Å²) in [5.41, 5.74) is 1.37. The van der Waals surface area contributed by atoms with Gasteiger partial charge in [-0.1, -0.05) is 32.1 Å². The fraction of sp³-hybridized carbons (Fsp3) is 0.556. The molecule has 56 valence electrons. The number of halogens is 1. The van der Waals surface area contributed by atoms with Gasteiger partial charge in [-0.3, -0.25) is 0 Å². The van der Waals surface area contributed by atoms with Crippen molar-refractivity contribution in [1.82, 2.24) is 0 Å². The Morgan fingerprint density at radius 1 is 1.60 bits per heavy atom. The topological polar surface area (TPSA) is 0 Å². The zero-order valence-electron chi connectivity index (χ0n) is 6.47. The van der Waals surface area contributed by atoms with Gasteiger partial charge in [-0.25, -0.2) is 0 Å². The van der Waals surface area contributed by atoms with Crippen molar-refractivity contribution in [2.24, 2.45) is 5.92 Å². The molecule has 0 saturated carbocycles. The van der Waals surface area contributed by atoms with Gasteiger partial charge in [-0.15, -0.1) is 11.6 Å². The van der Waals surface area contributed by atoms with Gasteiger partial charge in [0.05, 0.1) is 5.38 Å². The maximum Gasteiger partial charge on any atom is 0.0556 e. The Morgan fingerprint density at radius 3 is 2.70 bits per heavy atom. The molecule has 0 radical (unpaired) electrons. The average Bonchev–Trinajstić information content (AvgIpc) is 1.88. The zero-order valence-corrected chi connectivity index (χ0v) is 7.23. The highest BCUT2D eigenvalue weighted by Gasteiger charge is 2.07. The van der Waals surface area contributed by atoms with E-state index in [1.54, 1.807) is 0 Å². The number of rotatable bonds is 1. The number of hydrogen-bond donors (Lipinski definition) is 0. The van der Waals surface area contributed by atoms with Crippen LogP contribution in [0.1, 0.15) is 20.3 Å². The molecule has 0 aromatic heterocycles. The summed E-state index contributed by atoms with van der Waals surface area (Å²) < 4.78 is 0. The second-order valence-corrected chi connectivity index (χ2v) is 3.54. The lowest BCUT2D eigenvalue weighted by atomic mass is 9.97. The lowest BCUT2D eigenvalue weighted by molar-refractivity contribution is 0.774. The summed E-state index contributed by atoms with van der Waals surface area (Å²) in [7, 11) is 0. The first kappa shape index (κ1) is 7.87. The van der Waals surface area contributed by atoms with Crippen LogP contribution >= 0.6 is 11.6 Å². The number of allylic oxidation sites excluding steroid dienone is 4. The van der Waals surface area contributed by atoms with Gasteiger partial charge < -0.3 is 0 Å². The normalized spacial score (nSPS) is 25.2. The zero-order chi connectivity index (χ0) is 7.56. The van der Waals surface area contributed by atoms with Crippen LogP contribution in [0.3, 0.4) is 0 Å². The first-order chi connectivity index (χ1) is 4.70. The molecule has 1 unspecified atom stereocenters. The molecule has 0 aromatic carbocycles. The van der Waals surface area contributed by atoms with Gasteiger partial charge >= 0.3 is 0 Å². The molecule has 0 aromatic rings. The molecule has 1 heteroatoms. The minimum atomic E-state index is 0.224. The second kappa shape index (κ2) is 3.25. The van der Waals surface area contributed by atoms with E-state index in [2.05, 4.69) is 32.1 Å². The van der Waals surface area contributed by atoms with Crippen molar-refractivity contribution < 1.29 is 0 Å². The maximum absolute atomic E-state index is 5.93. The van der Waals surface area contributed by atoms with Crippen LogP contribution in [0.15, 0.2) is 23.8 Å². The molecular formula is C9H13Cl. The lowest BCUT2D eigenvalue weighted by Crippen LogP contribution is -2.01. The van der Waals surface area contributed by atoms with E-state index in [-0.39, 0.29) is 5.38 Å². The monoisotopic (exact) mass is 156 g/mol. The predicted molar refractivity (Wildman–Crippen MR) is 46.3 cm³/mol. The molecule has 1 atom stereocenters. The van der Waals surface area contributed by atoms with Crippen molar-refractivity contribution in [3.05, 3.63) is 23.8 Å². The Balaban J connectivity index is 2.66. The second-order valence-electron chi connectivity index (χ2n) is 2.98. The van der Waals surface area contributed by atoms with Gasteiger partial charge in [0, 0.05) is 0 Å². The Kier molecular flexibility index (Phi) is 2.56. The first-order valence-electron chi connectivity index (χ1n) is 3.72. The summed E-state index contributed by atoms with van der Waals surface area (Å²) in [5, 5.41) is 0.224. The molecule has 0 spiro atoms. The summed E-state index contributed by atoms with van der Waals surface area (Å²) in [6, 6.07) is 0. The predicted octanol–water partition coefficient (Wildman–Crippen LogP) is 3.14. The molecule has 0 amide bonds. The number of hydrogen-bond acceptors (Lipinski definition) is 0.